The zero-order valence-corrected chi connectivity index (χ0v) is 9.42. The number of nitrogens with two attached hydrogens (primary N) is 2. The maximum absolute atomic E-state index is 11.5. The summed E-state index contributed by atoms with van der Waals surface area (Å²) in [5.74, 6) is -0.133. The van der Waals surface area contributed by atoms with Crippen LogP contribution in [0.3, 0.4) is 0 Å². The van der Waals surface area contributed by atoms with Crippen molar-refractivity contribution in [2.24, 2.45) is 16.5 Å². The Balaban J connectivity index is 4.27. The lowest BCUT2D eigenvalue weighted by molar-refractivity contribution is 0.445. The normalized spacial score (nSPS) is 11.6. The van der Waals surface area contributed by atoms with Crippen LogP contribution in [0.2, 0.25) is 0 Å². The van der Waals surface area contributed by atoms with Gasteiger partial charge in [0.2, 0.25) is 10.0 Å². The van der Waals surface area contributed by atoms with Crippen molar-refractivity contribution < 1.29 is 8.42 Å². The molecule has 0 saturated carbocycles. The first-order chi connectivity index (χ1) is 6.44. The number of hydrogen-bond donors (Lipinski definition) is 2. The van der Waals surface area contributed by atoms with Crippen LogP contribution in [0.15, 0.2) is 4.99 Å². The molecule has 84 valence electrons. The summed E-state index contributed by atoms with van der Waals surface area (Å²) in [5, 5.41) is 0. The fraction of sp³-hybridized carbons (Fsp3) is 0.857. The molecule has 14 heavy (non-hydrogen) atoms. The van der Waals surface area contributed by atoms with E-state index in [1.807, 2.05) is 0 Å². The van der Waals surface area contributed by atoms with Crippen LogP contribution in [0, 0.1) is 0 Å². The predicted molar refractivity (Wildman–Crippen MR) is 57.4 cm³/mol. The summed E-state index contributed by atoms with van der Waals surface area (Å²) in [6.45, 7) is 4.64. The lowest BCUT2D eigenvalue weighted by Crippen LogP contribution is -2.34. The second-order valence-electron chi connectivity index (χ2n) is 2.71. The van der Waals surface area contributed by atoms with Crippen molar-refractivity contribution in [1.29, 1.82) is 0 Å². The quantitative estimate of drug-likeness (QED) is 0.441. The molecule has 0 aliphatic heterocycles. The number of sulfonamides is 1. The lowest BCUT2D eigenvalue weighted by atomic mass is 10.7. The first-order valence-corrected chi connectivity index (χ1v) is 6.08. The highest BCUT2D eigenvalue weighted by molar-refractivity contribution is 7.89. The van der Waals surface area contributed by atoms with Crippen LogP contribution in [0.5, 0.6) is 0 Å². The second-order valence-corrected chi connectivity index (χ2v) is 4.80. The Kier molecular flexibility index (Phi) is 5.47. The number of hydrogen-bond acceptors (Lipinski definition) is 3. The Morgan fingerprint density at radius 3 is 2.14 bits per heavy atom. The van der Waals surface area contributed by atoms with E-state index in [0.717, 1.165) is 0 Å². The van der Waals surface area contributed by atoms with Gasteiger partial charge in [0, 0.05) is 13.1 Å². The Bertz CT molecular complexity index is 278. The summed E-state index contributed by atoms with van der Waals surface area (Å²) in [5.41, 5.74) is 10.2. The molecule has 0 fully saturated rings. The second kappa shape index (κ2) is 5.82. The van der Waals surface area contributed by atoms with Gasteiger partial charge in [-0.2, -0.15) is 0 Å². The van der Waals surface area contributed by atoms with Crippen LogP contribution >= 0.6 is 0 Å². The minimum Gasteiger partial charge on any atom is -0.370 e. The number of aliphatic imine (C=N–C) groups is 1. The lowest BCUT2D eigenvalue weighted by Gasteiger charge is -2.17. The fourth-order valence-corrected chi connectivity index (χ4v) is 2.40. The average Bonchev–Trinajstić information content (AvgIpc) is 2.04. The van der Waals surface area contributed by atoms with E-state index >= 15 is 0 Å². The van der Waals surface area contributed by atoms with Gasteiger partial charge in [-0.3, -0.25) is 4.99 Å². The van der Waals surface area contributed by atoms with Crippen molar-refractivity contribution in [3.05, 3.63) is 0 Å². The van der Waals surface area contributed by atoms with Crippen LogP contribution < -0.4 is 11.5 Å². The van der Waals surface area contributed by atoms with Gasteiger partial charge in [-0.05, 0) is 0 Å². The topological polar surface area (TPSA) is 102 Å². The van der Waals surface area contributed by atoms with Gasteiger partial charge >= 0.3 is 0 Å². The van der Waals surface area contributed by atoms with Gasteiger partial charge in [-0.25, -0.2) is 12.7 Å². The first kappa shape index (κ1) is 13.2. The first-order valence-electron chi connectivity index (χ1n) is 4.47. The van der Waals surface area contributed by atoms with Gasteiger partial charge in [0.1, 0.15) is 0 Å². The van der Waals surface area contributed by atoms with E-state index in [0.29, 0.717) is 13.1 Å². The molecule has 0 amide bonds. The molecule has 0 rings (SSSR count). The van der Waals surface area contributed by atoms with Crippen molar-refractivity contribution >= 4 is 16.0 Å². The molecule has 0 aromatic rings. The standard InChI is InChI=1S/C7H18N4O2S/c1-3-11(4-2)14(12,13)6-5-10-7(8)9/h3-6H2,1-2H3,(H4,8,9,10). The van der Waals surface area contributed by atoms with E-state index in [2.05, 4.69) is 4.99 Å². The van der Waals surface area contributed by atoms with Crippen LogP contribution in [0.4, 0.5) is 0 Å². The summed E-state index contributed by atoms with van der Waals surface area (Å²) in [4.78, 5) is 3.63. The molecule has 0 atom stereocenters. The smallest absolute Gasteiger partial charge is 0.215 e. The van der Waals surface area contributed by atoms with Crippen molar-refractivity contribution in [2.45, 2.75) is 13.8 Å². The molecule has 0 radical (unpaired) electrons. The third-order valence-corrected chi connectivity index (χ3v) is 3.74. The predicted octanol–water partition coefficient (Wildman–Crippen LogP) is -1.07. The largest absolute Gasteiger partial charge is 0.370 e. The van der Waals surface area contributed by atoms with E-state index in [9.17, 15) is 8.42 Å². The molecule has 0 aromatic heterocycles. The molecule has 0 aromatic carbocycles. The summed E-state index contributed by atoms with van der Waals surface area (Å²) >= 11 is 0. The van der Waals surface area contributed by atoms with Crippen LogP contribution in [0.25, 0.3) is 0 Å². The highest BCUT2D eigenvalue weighted by Crippen LogP contribution is 2.00. The van der Waals surface area contributed by atoms with Crippen molar-refractivity contribution in [1.82, 2.24) is 4.31 Å². The maximum atomic E-state index is 11.5. The molecule has 7 heteroatoms. The third-order valence-electron chi connectivity index (χ3n) is 1.74. The Morgan fingerprint density at radius 1 is 1.29 bits per heavy atom. The van der Waals surface area contributed by atoms with Crippen LogP contribution in [-0.2, 0) is 10.0 Å². The molecule has 0 bridgehead atoms. The van der Waals surface area contributed by atoms with Gasteiger partial charge in [0.15, 0.2) is 5.96 Å². The van der Waals surface area contributed by atoms with E-state index < -0.39 is 10.0 Å². The highest BCUT2D eigenvalue weighted by atomic mass is 32.2. The fourth-order valence-electron chi connectivity index (χ4n) is 1.04. The Labute approximate surface area is 85.0 Å². The van der Waals surface area contributed by atoms with E-state index in [1.54, 1.807) is 13.8 Å². The van der Waals surface area contributed by atoms with Crippen molar-refractivity contribution in [3.8, 4) is 0 Å². The number of nitrogens with zero attached hydrogens (tertiary/aromatic N) is 2. The molecule has 0 unspecified atom stereocenters. The highest BCUT2D eigenvalue weighted by Gasteiger charge is 2.17. The molecule has 0 heterocycles. The van der Waals surface area contributed by atoms with Gasteiger partial charge in [-0.1, -0.05) is 13.8 Å². The molecular weight excluding hydrogens is 204 g/mol. The Hall–Kier alpha value is -0.820. The molecular formula is C7H18N4O2S. The molecule has 4 N–H and O–H groups in total. The minimum absolute atomic E-state index is 0.0490. The summed E-state index contributed by atoms with van der Waals surface area (Å²) < 4.78 is 24.5. The molecule has 0 aliphatic carbocycles. The zero-order valence-electron chi connectivity index (χ0n) is 8.60. The van der Waals surface area contributed by atoms with Gasteiger partial charge in [0.05, 0.1) is 12.3 Å². The van der Waals surface area contributed by atoms with Gasteiger partial charge in [-0.15, -0.1) is 0 Å². The summed E-state index contributed by atoms with van der Waals surface area (Å²) in [7, 11) is -3.20. The number of rotatable bonds is 6. The van der Waals surface area contributed by atoms with Crippen molar-refractivity contribution in [2.75, 3.05) is 25.4 Å². The zero-order chi connectivity index (χ0) is 11.2. The van der Waals surface area contributed by atoms with Crippen molar-refractivity contribution in [3.63, 3.8) is 0 Å². The van der Waals surface area contributed by atoms with Gasteiger partial charge in [0.25, 0.3) is 0 Å². The van der Waals surface area contributed by atoms with E-state index in [1.165, 1.54) is 4.31 Å². The Morgan fingerprint density at radius 2 is 1.79 bits per heavy atom. The third kappa shape index (κ3) is 4.43. The number of guanidine groups is 1. The van der Waals surface area contributed by atoms with E-state index in [4.69, 9.17) is 11.5 Å². The summed E-state index contributed by atoms with van der Waals surface area (Å²) in [6, 6.07) is 0. The average molecular weight is 222 g/mol. The van der Waals surface area contributed by atoms with Crippen LogP contribution in [0.1, 0.15) is 13.8 Å². The van der Waals surface area contributed by atoms with Crippen LogP contribution in [-0.4, -0.2) is 44.1 Å². The summed E-state index contributed by atoms with van der Waals surface area (Å²) in [6.07, 6.45) is 0. The maximum Gasteiger partial charge on any atom is 0.215 e. The van der Waals surface area contributed by atoms with E-state index in [-0.39, 0.29) is 18.3 Å². The molecule has 0 saturated heterocycles. The molecule has 0 spiro atoms. The molecule has 6 nitrogen and oxygen atoms in total. The minimum atomic E-state index is -3.20. The monoisotopic (exact) mass is 222 g/mol. The van der Waals surface area contributed by atoms with Gasteiger partial charge < -0.3 is 11.5 Å². The molecule has 0 aliphatic rings. The SMILES string of the molecule is CCN(CC)S(=O)(=O)CCN=C(N)N.